The summed E-state index contributed by atoms with van der Waals surface area (Å²) in [6.45, 7) is 2.14. The van der Waals surface area contributed by atoms with Crippen LogP contribution in [0.4, 0.5) is 0 Å². The maximum atomic E-state index is 12.9. The SMILES string of the molecule is CCCCCCC(NS(=O)(=O)c1ccc(Cl)cc1)c1ccc(CCCC(=O)O)s1. The first-order chi connectivity index (χ1) is 13.8. The fourth-order valence-corrected chi connectivity index (χ4v) is 5.62. The third kappa shape index (κ3) is 8.09. The number of aryl methyl sites for hydroxylation is 1. The molecule has 5 nitrogen and oxygen atoms in total. The van der Waals surface area contributed by atoms with E-state index in [1.807, 2.05) is 12.1 Å². The molecule has 0 bridgehead atoms. The Balaban J connectivity index is 2.13. The standard InChI is InChI=1S/C21H28ClNO4S2/c1-2-3-4-5-8-19(20-15-12-17(28-20)7-6-9-21(24)25)23-29(26,27)18-13-10-16(22)11-14-18/h10-15,19,23H,2-9H2,1H3,(H,24,25). The van der Waals surface area contributed by atoms with Crippen LogP contribution < -0.4 is 4.72 Å². The van der Waals surface area contributed by atoms with Gasteiger partial charge in [-0.25, -0.2) is 13.1 Å². The van der Waals surface area contributed by atoms with E-state index < -0.39 is 16.0 Å². The van der Waals surface area contributed by atoms with Crippen molar-refractivity contribution >= 4 is 38.9 Å². The second kappa shape index (κ2) is 11.7. The van der Waals surface area contributed by atoms with Crippen LogP contribution in [0, 0.1) is 0 Å². The molecule has 0 radical (unpaired) electrons. The van der Waals surface area contributed by atoms with E-state index in [4.69, 9.17) is 16.7 Å². The smallest absolute Gasteiger partial charge is 0.303 e. The molecular weight excluding hydrogens is 430 g/mol. The summed E-state index contributed by atoms with van der Waals surface area (Å²) >= 11 is 7.43. The maximum absolute atomic E-state index is 12.9. The number of carbonyl (C=O) groups is 1. The fraction of sp³-hybridized carbons (Fsp3) is 0.476. The van der Waals surface area contributed by atoms with Gasteiger partial charge in [0.2, 0.25) is 10.0 Å². The lowest BCUT2D eigenvalue weighted by molar-refractivity contribution is -0.137. The molecule has 2 aromatic rings. The first-order valence-corrected chi connectivity index (χ1v) is 12.6. The summed E-state index contributed by atoms with van der Waals surface area (Å²) in [5.74, 6) is -0.800. The van der Waals surface area contributed by atoms with Gasteiger partial charge in [0, 0.05) is 21.2 Å². The van der Waals surface area contributed by atoms with E-state index >= 15 is 0 Å². The van der Waals surface area contributed by atoms with Gasteiger partial charge in [-0.05, 0) is 55.7 Å². The number of carboxylic acids is 1. The van der Waals surface area contributed by atoms with Crippen LogP contribution in [0.2, 0.25) is 5.02 Å². The lowest BCUT2D eigenvalue weighted by atomic mass is 10.1. The van der Waals surface area contributed by atoms with Crippen molar-refractivity contribution in [2.24, 2.45) is 0 Å². The van der Waals surface area contributed by atoms with Crippen LogP contribution in [0.3, 0.4) is 0 Å². The van der Waals surface area contributed by atoms with E-state index in [9.17, 15) is 13.2 Å². The predicted molar refractivity (Wildman–Crippen MR) is 118 cm³/mol. The van der Waals surface area contributed by atoms with Gasteiger partial charge in [0.15, 0.2) is 0 Å². The summed E-state index contributed by atoms with van der Waals surface area (Å²) in [4.78, 5) is 12.9. The largest absolute Gasteiger partial charge is 0.481 e. The monoisotopic (exact) mass is 457 g/mol. The Morgan fingerprint density at radius 2 is 1.83 bits per heavy atom. The van der Waals surface area contributed by atoms with Gasteiger partial charge in [-0.2, -0.15) is 0 Å². The lowest BCUT2D eigenvalue weighted by Gasteiger charge is -2.18. The molecule has 0 saturated carbocycles. The van der Waals surface area contributed by atoms with Gasteiger partial charge in [0.05, 0.1) is 10.9 Å². The van der Waals surface area contributed by atoms with Crippen LogP contribution in [0.15, 0.2) is 41.3 Å². The van der Waals surface area contributed by atoms with E-state index in [1.165, 1.54) is 12.1 Å². The zero-order valence-electron chi connectivity index (χ0n) is 16.6. The highest BCUT2D eigenvalue weighted by Gasteiger charge is 2.22. The van der Waals surface area contributed by atoms with Crippen molar-refractivity contribution in [3.05, 3.63) is 51.2 Å². The minimum Gasteiger partial charge on any atom is -0.481 e. The predicted octanol–water partition coefficient (Wildman–Crippen LogP) is 5.80. The van der Waals surface area contributed by atoms with Gasteiger partial charge < -0.3 is 5.11 Å². The van der Waals surface area contributed by atoms with Crippen molar-refractivity contribution < 1.29 is 18.3 Å². The Kier molecular flexibility index (Phi) is 9.62. The Labute approximate surface area is 182 Å². The Bertz CT molecular complexity index is 878. The molecule has 0 fully saturated rings. The fourth-order valence-electron chi connectivity index (χ4n) is 3.03. The molecule has 0 amide bonds. The van der Waals surface area contributed by atoms with Crippen LogP contribution in [0.1, 0.15) is 67.7 Å². The van der Waals surface area contributed by atoms with Crippen molar-refractivity contribution in [1.82, 2.24) is 4.72 Å². The molecule has 0 saturated heterocycles. The number of thiophene rings is 1. The van der Waals surface area contributed by atoms with Crippen molar-refractivity contribution in [2.45, 2.75) is 69.2 Å². The van der Waals surface area contributed by atoms with Gasteiger partial charge in [0.1, 0.15) is 0 Å². The summed E-state index contributed by atoms with van der Waals surface area (Å²) in [5, 5.41) is 9.29. The Morgan fingerprint density at radius 3 is 2.48 bits per heavy atom. The van der Waals surface area contributed by atoms with Crippen molar-refractivity contribution in [2.75, 3.05) is 0 Å². The number of hydrogen-bond donors (Lipinski definition) is 2. The molecule has 0 aliphatic rings. The molecule has 1 unspecified atom stereocenters. The van der Waals surface area contributed by atoms with Crippen LogP contribution in [0.25, 0.3) is 0 Å². The molecule has 160 valence electrons. The van der Waals surface area contributed by atoms with E-state index in [-0.39, 0.29) is 17.4 Å². The normalized spacial score (nSPS) is 12.8. The minimum absolute atomic E-state index is 0.136. The van der Waals surface area contributed by atoms with Gasteiger partial charge in [-0.3, -0.25) is 4.79 Å². The number of halogens is 1. The highest BCUT2D eigenvalue weighted by atomic mass is 35.5. The van der Waals surface area contributed by atoms with Crippen LogP contribution in [0.5, 0.6) is 0 Å². The van der Waals surface area contributed by atoms with Crippen LogP contribution >= 0.6 is 22.9 Å². The second-order valence-corrected chi connectivity index (χ2v) is 10.4. The molecule has 1 atom stereocenters. The summed E-state index contributed by atoms with van der Waals surface area (Å²) < 4.78 is 28.6. The molecule has 0 spiro atoms. The van der Waals surface area contributed by atoms with Crippen LogP contribution in [-0.2, 0) is 21.2 Å². The molecule has 0 aliphatic carbocycles. The number of carboxylic acid groups (broad SMARTS) is 1. The first kappa shape index (κ1) is 23.9. The van der Waals surface area contributed by atoms with E-state index in [0.29, 0.717) is 17.9 Å². The summed E-state index contributed by atoms with van der Waals surface area (Å²) in [7, 11) is -3.67. The molecule has 0 aliphatic heterocycles. The van der Waals surface area contributed by atoms with Crippen molar-refractivity contribution in [1.29, 1.82) is 0 Å². The first-order valence-electron chi connectivity index (χ1n) is 9.90. The number of aliphatic carboxylic acids is 1. The average Bonchev–Trinajstić information content (AvgIpc) is 3.13. The lowest BCUT2D eigenvalue weighted by Crippen LogP contribution is -2.28. The van der Waals surface area contributed by atoms with Gasteiger partial charge in [0.25, 0.3) is 0 Å². The molecular formula is C21H28ClNO4S2. The average molecular weight is 458 g/mol. The maximum Gasteiger partial charge on any atom is 0.303 e. The Hall–Kier alpha value is -1.41. The van der Waals surface area contributed by atoms with Gasteiger partial charge >= 0.3 is 5.97 Å². The van der Waals surface area contributed by atoms with Gasteiger partial charge in [-0.1, -0.05) is 44.2 Å². The minimum atomic E-state index is -3.67. The highest BCUT2D eigenvalue weighted by molar-refractivity contribution is 7.89. The zero-order valence-corrected chi connectivity index (χ0v) is 19.0. The van der Waals surface area contributed by atoms with Gasteiger partial charge in [-0.15, -0.1) is 11.3 Å². The molecule has 2 N–H and O–H groups in total. The number of hydrogen-bond acceptors (Lipinski definition) is 4. The number of nitrogens with one attached hydrogen (secondary N) is 1. The Morgan fingerprint density at radius 1 is 1.10 bits per heavy atom. The zero-order chi connectivity index (χ0) is 21.3. The van der Waals surface area contributed by atoms with Crippen molar-refractivity contribution in [3.8, 4) is 0 Å². The van der Waals surface area contributed by atoms with E-state index in [1.54, 1.807) is 23.5 Å². The molecule has 8 heteroatoms. The number of unbranched alkanes of at least 4 members (excludes halogenated alkanes) is 3. The summed E-state index contributed by atoms with van der Waals surface area (Å²) in [6.07, 6.45) is 6.37. The number of rotatable bonds is 13. The summed E-state index contributed by atoms with van der Waals surface area (Å²) in [6, 6.07) is 9.77. The van der Waals surface area contributed by atoms with Crippen LogP contribution in [-0.4, -0.2) is 19.5 Å². The number of sulfonamides is 1. The van der Waals surface area contributed by atoms with Crippen molar-refractivity contribution in [3.63, 3.8) is 0 Å². The third-order valence-electron chi connectivity index (χ3n) is 4.61. The quantitative estimate of drug-likeness (QED) is 0.372. The third-order valence-corrected chi connectivity index (χ3v) is 7.61. The second-order valence-electron chi connectivity index (χ2n) is 7.03. The topological polar surface area (TPSA) is 83.5 Å². The molecule has 1 aromatic heterocycles. The molecule has 1 aromatic carbocycles. The molecule has 2 rings (SSSR count). The number of benzene rings is 1. The molecule has 29 heavy (non-hydrogen) atoms. The highest BCUT2D eigenvalue weighted by Crippen LogP contribution is 2.30. The van der Waals surface area contributed by atoms with E-state index in [2.05, 4.69) is 11.6 Å². The molecule has 1 heterocycles. The summed E-state index contributed by atoms with van der Waals surface area (Å²) in [5.41, 5.74) is 0. The van der Waals surface area contributed by atoms with E-state index in [0.717, 1.165) is 41.9 Å².